The third-order valence-electron chi connectivity index (χ3n) is 6.50. The number of hydrogen-bond donors (Lipinski definition) is 1. The number of benzene rings is 3. The predicted octanol–water partition coefficient (Wildman–Crippen LogP) is 6.06. The lowest BCUT2D eigenvalue weighted by molar-refractivity contribution is -0.132. The maximum Gasteiger partial charge on any atom is 0.337 e. The van der Waals surface area contributed by atoms with Gasteiger partial charge in [-0.2, -0.15) is 0 Å². The molecule has 1 unspecified atom stereocenters. The highest BCUT2D eigenvalue weighted by Crippen LogP contribution is 2.42. The van der Waals surface area contributed by atoms with Crippen LogP contribution in [0.1, 0.15) is 60.1 Å². The second-order valence-corrected chi connectivity index (χ2v) is 9.06. The molecule has 0 aromatic heterocycles. The number of esters is 1. The lowest BCUT2D eigenvalue weighted by Crippen LogP contribution is -2.29. The molecule has 1 amide bonds. The van der Waals surface area contributed by atoms with E-state index in [0.717, 1.165) is 25.7 Å². The van der Waals surface area contributed by atoms with Gasteiger partial charge >= 0.3 is 5.97 Å². The van der Waals surface area contributed by atoms with Crippen molar-refractivity contribution in [2.24, 2.45) is 0 Å². The minimum atomic E-state index is -0.915. The quantitative estimate of drug-likeness (QED) is 0.116. The molecule has 196 valence electrons. The summed E-state index contributed by atoms with van der Waals surface area (Å²) in [4.78, 5) is 40.1. The Morgan fingerprint density at radius 3 is 2.32 bits per heavy atom. The van der Waals surface area contributed by atoms with Crippen molar-refractivity contribution in [1.29, 1.82) is 0 Å². The Bertz CT molecular complexity index is 1330. The molecule has 1 aliphatic heterocycles. The van der Waals surface area contributed by atoms with Gasteiger partial charge in [0.25, 0.3) is 11.7 Å². The van der Waals surface area contributed by atoms with Gasteiger partial charge in [-0.25, -0.2) is 4.79 Å². The molecule has 1 fully saturated rings. The van der Waals surface area contributed by atoms with Crippen LogP contribution < -0.4 is 9.64 Å². The minimum absolute atomic E-state index is 0.0297. The summed E-state index contributed by atoms with van der Waals surface area (Å²) in [6.45, 7) is 2.70. The molecule has 1 aliphatic rings. The predicted molar refractivity (Wildman–Crippen MR) is 145 cm³/mol. The summed E-state index contributed by atoms with van der Waals surface area (Å²) in [6, 6.07) is 21.2. The maximum absolute atomic E-state index is 13.4. The average molecular weight is 514 g/mol. The van der Waals surface area contributed by atoms with Crippen molar-refractivity contribution in [2.75, 3.05) is 18.6 Å². The number of aliphatic hydroxyl groups excluding tert-OH is 1. The first-order valence-corrected chi connectivity index (χ1v) is 12.7. The van der Waals surface area contributed by atoms with E-state index in [-0.39, 0.29) is 11.3 Å². The number of Topliss-reactive ketones (excluding diaryl/α,β-unsaturated/α-hetero) is 1. The number of carbonyl (C=O) groups excluding carboxylic acids is 3. The molecule has 38 heavy (non-hydrogen) atoms. The number of carbonyl (C=O) groups is 3. The highest BCUT2D eigenvalue weighted by Gasteiger charge is 2.47. The Balaban J connectivity index is 1.76. The molecule has 0 bridgehead atoms. The number of anilines is 1. The fourth-order valence-electron chi connectivity index (χ4n) is 4.53. The third kappa shape index (κ3) is 5.62. The summed E-state index contributed by atoms with van der Waals surface area (Å²) in [5.41, 5.74) is 1.74. The van der Waals surface area contributed by atoms with Gasteiger partial charge in [0.15, 0.2) is 0 Å². The summed E-state index contributed by atoms with van der Waals surface area (Å²) in [5, 5.41) is 11.2. The minimum Gasteiger partial charge on any atom is -0.507 e. The topological polar surface area (TPSA) is 93.1 Å². The summed E-state index contributed by atoms with van der Waals surface area (Å²) in [6.07, 6.45) is 4.27. The van der Waals surface area contributed by atoms with Crippen LogP contribution in [0.5, 0.6) is 5.75 Å². The number of amides is 1. The molecule has 0 aliphatic carbocycles. The lowest BCUT2D eigenvalue weighted by Gasteiger charge is -2.26. The van der Waals surface area contributed by atoms with Gasteiger partial charge in [-0.15, -0.1) is 0 Å². The van der Waals surface area contributed by atoms with E-state index in [1.807, 2.05) is 6.07 Å². The van der Waals surface area contributed by atoms with Crippen molar-refractivity contribution in [3.05, 3.63) is 101 Å². The summed E-state index contributed by atoms with van der Waals surface area (Å²) in [5.74, 6) is -1.73. The Morgan fingerprint density at radius 1 is 0.895 bits per heavy atom. The average Bonchev–Trinajstić information content (AvgIpc) is 3.22. The number of methoxy groups -OCH3 is 1. The van der Waals surface area contributed by atoms with Crippen molar-refractivity contribution in [3.8, 4) is 5.75 Å². The Morgan fingerprint density at radius 2 is 1.63 bits per heavy atom. The molecule has 7 nitrogen and oxygen atoms in total. The first-order chi connectivity index (χ1) is 18.5. The number of ketones is 1. The smallest absolute Gasteiger partial charge is 0.337 e. The van der Waals surface area contributed by atoms with E-state index >= 15 is 0 Å². The van der Waals surface area contributed by atoms with Gasteiger partial charge in [-0.1, -0.05) is 74.7 Å². The molecule has 1 saturated heterocycles. The van der Waals surface area contributed by atoms with E-state index in [2.05, 4.69) is 6.92 Å². The van der Waals surface area contributed by atoms with Crippen molar-refractivity contribution in [2.45, 2.75) is 38.6 Å². The fraction of sp³-hybridized carbons (Fsp3) is 0.258. The molecule has 3 aromatic rings. The number of ether oxygens (including phenoxy) is 2. The number of rotatable bonds is 10. The highest BCUT2D eigenvalue weighted by atomic mass is 16.5. The van der Waals surface area contributed by atoms with Crippen LogP contribution in [-0.2, 0) is 14.3 Å². The molecule has 1 N–H and O–H groups in total. The van der Waals surface area contributed by atoms with E-state index in [4.69, 9.17) is 9.47 Å². The molecule has 0 saturated carbocycles. The van der Waals surface area contributed by atoms with Gasteiger partial charge in [0.1, 0.15) is 11.5 Å². The lowest BCUT2D eigenvalue weighted by atomic mass is 9.94. The van der Waals surface area contributed by atoms with Crippen LogP contribution in [0.3, 0.4) is 0 Å². The zero-order valence-corrected chi connectivity index (χ0v) is 21.6. The summed E-state index contributed by atoms with van der Waals surface area (Å²) >= 11 is 0. The molecular weight excluding hydrogens is 482 g/mol. The fourth-order valence-corrected chi connectivity index (χ4v) is 4.53. The van der Waals surface area contributed by atoms with Gasteiger partial charge in [0.2, 0.25) is 0 Å². The summed E-state index contributed by atoms with van der Waals surface area (Å²) in [7, 11) is 1.30. The van der Waals surface area contributed by atoms with Gasteiger partial charge in [0.05, 0.1) is 30.9 Å². The van der Waals surface area contributed by atoms with E-state index < -0.39 is 23.7 Å². The zero-order valence-electron chi connectivity index (χ0n) is 21.6. The Kier molecular flexibility index (Phi) is 8.58. The van der Waals surface area contributed by atoms with Crippen LogP contribution in [0.15, 0.2) is 84.4 Å². The SMILES string of the molecule is CCCCCCOc1cccc(N2C(=O)C(=O)C(=C(O)c3ccccc3)C2c2ccc(C(=O)OC)cc2)c1. The molecule has 0 spiro atoms. The number of nitrogens with zero attached hydrogens (tertiary/aromatic N) is 1. The molecule has 0 radical (unpaired) electrons. The van der Waals surface area contributed by atoms with Gasteiger partial charge in [-0.05, 0) is 36.2 Å². The molecule has 7 heteroatoms. The highest BCUT2D eigenvalue weighted by molar-refractivity contribution is 6.51. The van der Waals surface area contributed by atoms with Crippen molar-refractivity contribution in [3.63, 3.8) is 0 Å². The molecule has 1 atom stereocenters. The molecule has 3 aromatic carbocycles. The molecule has 4 rings (SSSR count). The Hall–Kier alpha value is -4.39. The van der Waals surface area contributed by atoms with Crippen molar-refractivity contribution >= 4 is 29.1 Å². The van der Waals surface area contributed by atoms with Crippen molar-refractivity contribution in [1.82, 2.24) is 0 Å². The van der Waals surface area contributed by atoms with Crippen LogP contribution in [0.25, 0.3) is 5.76 Å². The second kappa shape index (κ2) is 12.2. The number of hydrogen-bond acceptors (Lipinski definition) is 6. The normalized spacial score (nSPS) is 16.5. The molecular formula is C31H31NO6. The van der Waals surface area contributed by atoms with Gasteiger partial charge in [0, 0.05) is 17.3 Å². The van der Waals surface area contributed by atoms with E-state index in [0.29, 0.717) is 34.7 Å². The zero-order chi connectivity index (χ0) is 27.1. The largest absolute Gasteiger partial charge is 0.507 e. The summed E-state index contributed by atoms with van der Waals surface area (Å²) < 4.78 is 10.7. The Labute approximate surface area is 222 Å². The van der Waals surface area contributed by atoms with Crippen LogP contribution >= 0.6 is 0 Å². The van der Waals surface area contributed by atoms with E-state index in [1.165, 1.54) is 12.0 Å². The van der Waals surface area contributed by atoms with E-state index in [1.54, 1.807) is 72.8 Å². The molecule has 1 heterocycles. The van der Waals surface area contributed by atoms with Gasteiger partial charge in [-0.3, -0.25) is 14.5 Å². The van der Waals surface area contributed by atoms with Crippen molar-refractivity contribution < 1.29 is 29.0 Å². The van der Waals surface area contributed by atoms with Crippen LogP contribution in [0, 0.1) is 0 Å². The number of unbranched alkanes of at least 4 members (excludes halogenated alkanes) is 3. The maximum atomic E-state index is 13.4. The second-order valence-electron chi connectivity index (χ2n) is 9.06. The number of aliphatic hydroxyl groups is 1. The monoisotopic (exact) mass is 513 g/mol. The third-order valence-corrected chi connectivity index (χ3v) is 6.50. The standard InChI is InChI=1S/C31H31NO6/c1-3-4-5-9-19-38-25-14-10-13-24(20-25)32-27(21-15-17-23(18-16-21)31(36)37-2)26(29(34)30(32)35)28(33)22-11-7-6-8-12-22/h6-8,10-18,20,27,33H,3-5,9,19H2,1-2H3. The first kappa shape index (κ1) is 26.7. The van der Waals surface area contributed by atoms with E-state index in [9.17, 15) is 19.5 Å². The van der Waals surface area contributed by atoms with Crippen LogP contribution in [-0.4, -0.2) is 36.5 Å². The van der Waals surface area contributed by atoms with Crippen LogP contribution in [0.2, 0.25) is 0 Å². The van der Waals surface area contributed by atoms with Crippen LogP contribution in [0.4, 0.5) is 5.69 Å². The van der Waals surface area contributed by atoms with Gasteiger partial charge < -0.3 is 14.6 Å². The first-order valence-electron chi connectivity index (χ1n) is 12.7.